The average Bonchev–Trinajstić information content (AvgIpc) is 2.89. The predicted molar refractivity (Wildman–Crippen MR) is 87.3 cm³/mol. The van der Waals surface area contributed by atoms with Crippen LogP contribution in [-0.4, -0.2) is 17.3 Å². The Morgan fingerprint density at radius 2 is 1.68 bits per heavy atom. The number of rotatable bonds is 4. The van der Waals surface area contributed by atoms with Crippen molar-refractivity contribution in [2.45, 2.75) is 31.5 Å². The van der Waals surface area contributed by atoms with Crippen LogP contribution in [0, 0.1) is 0 Å². The summed E-state index contributed by atoms with van der Waals surface area (Å²) in [6.45, 7) is 0. The minimum Gasteiger partial charge on any atom is -0.488 e. The lowest BCUT2D eigenvalue weighted by atomic mass is 10.2. The molecule has 1 fully saturated rings. The fourth-order valence-electron chi connectivity index (χ4n) is 2.49. The first-order valence-electron chi connectivity index (χ1n) is 7.19. The summed E-state index contributed by atoms with van der Waals surface area (Å²) < 4.78 is 11.5. The molecule has 2 aromatic carbocycles. The molecule has 1 aliphatic carbocycles. The van der Waals surface area contributed by atoms with Crippen LogP contribution in [0.15, 0.2) is 42.5 Å². The smallest absolute Gasteiger partial charge is 0.146 e. The molecule has 3 rings (SSSR count). The molecule has 0 aromatic heterocycles. The van der Waals surface area contributed by atoms with E-state index in [-0.39, 0.29) is 12.2 Å². The highest BCUT2D eigenvalue weighted by atomic mass is 35.5. The number of ether oxygens (including phenoxy) is 2. The maximum atomic E-state index is 9.78. The fraction of sp³-hybridized carbons (Fsp3) is 0.294. The second-order valence-corrected chi connectivity index (χ2v) is 6.15. The Kier molecular flexibility index (Phi) is 4.77. The van der Waals surface area contributed by atoms with Crippen molar-refractivity contribution in [3.63, 3.8) is 0 Å². The van der Waals surface area contributed by atoms with Gasteiger partial charge in [-0.3, -0.25) is 0 Å². The summed E-state index contributed by atoms with van der Waals surface area (Å²) in [5, 5.41) is 10.8. The summed E-state index contributed by atoms with van der Waals surface area (Å²) in [6, 6.07) is 12.3. The first-order valence-corrected chi connectivity index (χ1v) is 7.95. The highest BCUT2D eigenvalue weighted by Gasteiger charge is 2.26. The van der Waals surface area contributed by atoms with Crippen LogP contribution in [-0.2, 0) is 0 Å². The van der Waals surface area contributed by atoms with Gasteiger partial charge in [0.05, 0.1) is 11.1 Å². The number of halogens is 2. The molecule has 0 radical (unpaired) electrons. The van der Waals surface area contributed by atoms with Crippen molar-refractivity contribution in [2.24, 2.45) is 0 Å². The molecule has 5 heteroatoms. The largest absolute Gasteiger partial charge is 0.488 e. The molecule has 1 N–H and O–H groups in total. The van der Waals surface area contributed by atoms with Gasteiger partial charge >= 0.3 is 0 Å². The van der Waals surface area contributed by atoms with Crippen LogP contribution in [0.4, 0.5) is 0 Å². The molecule has 116 valence electrons. The minimum absolute atomic E-state index is 0.113. The molecule has 2 atom stereocenters. The molecule has 22 heavy (non-hydrogen) atoms. The normalized spacial score (nSPS) is 20.9. The summed E-state index contributed by atoms with van der Waals surface area (Å²) in [5.41, 5.74) is 0. The van der Waals surface area contributed by atoms with E-state index in [1.165, 1.54) is 0 Å². The maximum Gasteiger partial charge on any atom is 0.146 e. The van der Waals surface area contributed by atoms with Gasteiger partial charge in [0.15, 0.2) is 0 Å². The van der Waals surface area contributed by atoms with Gasteiger partial charge < -0.3 is 14.6 Å². The summed E-state index contributed by atoms with van der Waals surface area (Å²) in [6.07, 6.45) is 2.21. The fourth-order valence-corrected chi connectivity index (χ4v) is 2.94. The second kappa shape index (κ2) is 6.78. The van der Waals surface area contributed by atoms with Gasteiger partial charge in [0, 0.05) is 5.02 Å². The first kappa shape index (κ1) is 15.5. The highest BCUT2D eigenvalue weighted by molar-refractivity contribution is 6.35. The molecule has 2 unspecified atom stereocenters. The zero-order chi connectivity index (χ0) is 15.5. The van der Waals surface area contributed by atoms with Gasteiger partial charge in [0.1, 0.15) is 23.4 Å². The van der Waals surface area contributed by atoms with Gasteiger partial charge in [-0.2, -0.15) is 0 Å². The van der Waals surface area contributed by atoms with Gasteiger partial charge in [-0.1, -0.05) is 23.2 Å². The lowest BCUT2D eigenvalue weighted by Crippen LogP contribution is -2.25. The van der Waals surface area contributed by atoms with Crippen molar-refractivity contribution in [3.05, 3.63) is 52.5 Å². The van der Waals surface area contributed by atoms with E-state index in [4.69, 9.17) is 32.7 Å². The molecule has 1 aliphatic rings. The molecule has 1 saturated carbocycles. The van der Waals surface area contributed by atoms with Gasteiger partial charge in [-0.25, -0.2) is 0 Å². The Balaban J connectivity index is 1.66. The van der Waals surface area contributed by atoms with Crippen LogP contribution in [0.3, 0.4) is 0 Å². The molecule has 0 aliphatic heterocycles. The summed E-state index contributed by atoms with van der Waals surface area (Å²) in [7, 11) is 0. The van der Waals surface area contributed by atoms with E-state index in [1.807, 2.05) is 24.3 Å². The number of aliphatic hydroxyl groups excluding tert-OH is 1. The predicted octanol–water partition coefficient (Wildman–Crippen LogP) is 5.08. The topological polar surface area (TPSA) is 38.7 Å². The van der Waals surface area contributed by atoms with Crippen LogP contribution in [0.25, 0.3) is 0 Å². The van der Waals surface area contributed by atoms with Crippen LogP contribution in [0.5, 0.6) is 17.2 Å². The van der Waals surface area contributed by atoms with Gasteiger partial charge in [0.25, 0.3) is 0 Å². The van der Waals surface area contributed by atoms with Crippen molar-refractivity contribution >= 4 is 23.2 Å². The van der Waals surface area contributed by atoms with E-state index in [9.17, 15) is 5.11 Å². The van der Waals surface area contributed by atoms with Crippen molar-refractivity contribution in [1.82, 2.24) is 0 Å². The molecule has 3 nitrogen and oxygen atoms in total. The van der Waals surface area contributed by atoms with Crippen molar-refractivity contribution in [1.29, 1.82) is 0 Å². The zero-order valence-electron chi connectivity index (χ0n) is 11.8. The Labute approximate surface area is 139 Å². The van der Waals surface area contributed by atoms with Crippen molar-refractivity contribution < 1.29 is 14.6 Å². The summed E-state index contributed by atoms with van der Waals surface area (Å²) >= 11 is 11.9. The van der Waals surface area contributed by atoms with Gasteiger partial charge in [-0.05, 0) is 61.7 Å². The number of hydrogen-bond acceptors (Lipinski definition) is 3. The molecule has 0 heterocycles. The summed E-state index contributed by atoms with van der Waals surface area (Å²) in [4.78, 5) is 0. The number of benzene rings is 2. The van der Waals surface area contributed by atoms with Crippen molar-refractivity contribution in [3.8, 4) is 17.2 Å². The molecular weight excluding hydrogens is 323 g/mol. The molecule has 0 saturated heterocycles. The van der Waals surface area contributed by atoms with E-state index in [2.05, 4.69) is 0 Å². The second-order valence-electron chi connectivity index (χ2n) is 5.30. The monoisotopic (exact) mass is 338 g/mol. The van der Waals surface area contributed by atoms with Gasteiger partial charge in [-0.15, -0.1) is 0 Å². The Morgan fingerprint density at radius 3 is 2.32 bits per heavy atom. The quantitative estimate of drug-likeness (QED) is 0.844. The number of aliphatic hydroxyl groups is 1. The van der Waals surface area contributed by atoms with Gasteiger partial charge in [0.2, 0.25) is 0 Å². The van der Waals surface area contributed by atoms with E-state index in [0.717, 1.165) is 25.0 Å². The van der Waals surface area contributed by atoms with Crippen LogP contribution >= 0.6 is 23.2 Å². The van der Waals surface area contributed by atoms with Crippen LogP contribution in [0.1, 0.15) is 19.3 Å². The lowest BCUT2D eigenvalue weighted by molar-refractivity contribution is 0.0604. The Hall–Kier alpha value is -1.42. The molecule has 2 aromatic rings. The Bertz CT molecular complexity index is 643. The van der Waals surface area contributed by atoms with E-state index in [1.54, 1.807) is 18.2 Å². The van der Waals surface area contributed by atoms with Crippen LogP contribution in [0.2, 0.25) is 10.0 Å². The summed E-state index contributed by atoms with van der Waals surface area (Å²) in [5.74, 6) is 1.93. The highest BCUT2D eigenvalue weighted by Crippen LogP contribution is 2.32. The number of hydrogen-bond donors (Lipinski definition) is 1. The zero-order valence-corrected chi connectivity index (χ0v) is 13.3. The van der Waals surface area contributed by atoms with Crippen molar-refractivity contribution in [2.75, 3.05) is 0 Å². The van der Waals surface area contributed by atoms with E-state index >= 15 is 0 Å². The standard InChI is InChI=1S/C17H16Cl2O3/c18-11-4-9-16(14(19)10-11)21-12-5-7-13(8-6-12)22-17-3-1-2-15(17)20/h4-10,15,17,20H,1-3H2. The van der Waals surface area contributed by atoms with E-state index < -0.39 is 0 Å². The molecule has 0 spiro atoms. The molecule has 0 bridgehead atoms. The maximum absolute atomic E-state index is 9.78. The third kappa shape index (κ3) is 3.67. The third-order valence-electron chi connectivity index (χ3n) is 3.65. The molecule has 0 amide bonds. The third-order valence-corrected chi connectivity index (χ3v) is 4.18. The van der Waals surface area contributed by atoms with E-state index in [0.29, 0.717) is 21.5 Å². The molecular formula is C17H16Cl2O3. The Morgan fingerprint density at radius 1 is 0.955 bits per heavy atom. The average molecular weight is 339 g/mol. The minimum atomic E-state index is -0.371. The first-order chi connectivity index (χ1) is 10.6. The van der Waals surface area contributed by atoms with Crippen LogP contribution < -0.4 is 9.47 Å². The SMILES string of the molecule is OC1CCCC1Oc1ccc(Oc2ccc(Cl)cc2Cl)cc1. The lowest BCUT2D eigenvalue weighted by Gasteiger charge is -2.17.